The number of nitrogens with one attached hydrogen (secondary N) is 1. The van der Waals surface area contributed by atoms with Gasteiger partial charge in [0.2, 0.25) is 0 Å². The van der Waals surface area contributed by atoms with Gasteiger partial charge in [-0.05, 0) is 50.9 Å². The van der Waals surface area contributed by atoms with Gasteiger partial charge < -0.3 is 10.2 Å². The average Bonchev–Trinajstić information content (AvgIpc) is 2.57. The van der Waals surface area contributed by atoms with Gasteiger partial charge >= 0.3 is 0 Å². The van der Waals surface area contributed by atoms with E-state index in [9.17, 15) is 4.39 Å². The molecule has 1 aromatic rings. The van der Waals surface area contributed by atoms with Gasteiger partial charge in [0.05, 0.1) is 5.69 Å². The lowest BCUT2D eigenvalue weighted by molar-refractivity contribution is 0.169. The van der Waals surface area contributed by atoms with E-state index < -0.39 is 0 Å². The molecule has 0 aliphatic carbocycles. The molecule has 1 aromatic carbocycles. The minimum absolute atomic E-state index is 0.171. The molecule has 98 valence electrons. The van der Waals surface area contributed by atoms with Crippen LogP contribution in [0.3, 0.4) is 0 Å². The van der Waals surface area contributed by atoms with Crippen molar-refractivity contribution in [2.24, 2.45) is 0 Å². The highest BCUT2D eigenvalue weighted by atomic mass is 79.9. The summed E-state index contributed by atoms with van der Waals surface area (Å²) in [6.07, 6.45) is 4.84. The van der Waals surface area contributed by atoms with E-state index in [0.717, 1.165) is 17.3 Å². The van der Waals surface area contributed by atoms with Crippen LogP contribution >= 0.6 is 15.9 Å². The summed E-state index contributed by atoms with van der Waals surface area (Å²) < 4.78 is 14.6. The second-order valence-electron chi connectivity index (χ2n) is 5.49. The molecule has 2 fully saturated rings. The summed E-state index contributed by atoms with van der Waals surface area (Å²) in [6, 6.07) is 6.99. The third-order valence-electron chi connectivity index (χ3n) is 4.39. The van der Waals surface area contributed by atoms with Gasteiger partial charge in [-0.3, -0.25) is 0 Å². The lowest BCUT2D eigenvalue weighted by Gasteiger charge is -2.37. The number of halogens is 2. The van der Waals surface area contributed by atoms with Crippen LogP contribution in [-0.2, 0) is 0 Å². The SMILES string of the molecule is CN1C2CCC1CC(Nc1ccc(Br)cc1F)C2. The highest BCUT2D eigenvalue weighted by Gasteiger charge is 2.38. The van der Waals surface area contributed by atoms with E-state index in [-0.39, 0.29) is 5.82 Å². The molecule has 18 heavy (non-hydrogen) atoms. The van der Waals surface area contributed by atoms with E-state index in [4.69, 9.17) is 0 Å². The predicted octanol–water partition coefficient (Wildman–Crippen LogP) is 3.63. The lowest BCUT2D eigenvalue weighted by atomic mass is 9.98. The Morgan fingerprint density at radius 2 is 1.94 bits per heavy atom. The Bertz CT molecular complexity index is 437. The number of fused-ring (bicyclic) bond motifs is 2. The van der Waals surface area contributed by atoms with Crippen molar-refractivity contribution in [2.75, 3.05) is 12.4 Å². The molecule has 2 aliphatic heterocycles. The molecule has 0 saturated carbocycles. The number of piperidine rings is 1. The number of rotatable bonds is 2. The van der Waals surface area contributed by atoms with Crippen molar-refractivity contribution in [1.29, 1.82) is 0 Å². The first-order chi connectivity index (χ1) is 8.63. The molecule has 0 aromatic heterocycles. The first kappa shape index (κ1) is 12.4. The van der Waals surface area contributed by atoms with Crippen molar-refractivity contribution in [2.45, 2.75) is 43.8 Å². The molecule has 2 heterocycles. The van der Waals surface area contributed by atoms with E-state index in [2.05, 4.69) is 33.2 Å². The summed E-state index contributed by atoms with van der Waals surface area (Å²) in [6.45, 7) is 0. The number of benzene rings is 1. The molecule has 0 amide bonds. The molecule has 3 rings (SSSR count). The topological polar surface area (TPSA) is 15.3 Å². The Kier molecular flexibility index (Phi) is 3.32. The molecular formula is C14H18BrFN2. The van der Waals surface area contributed by atoms with Crippen molar-refractivity contribution in [3.05, 3.63) is 28.5 Å². The zero-order valence-electron chi connectivity index (χ0n) is 10.5. The maximum Gasteiger partial charge on any atom is 0.147 e. The van der Waals surface area contributed by atoms with Crippen LogP contribution in [-0.4, -0.2) is 30.1 Å². The molecule has 2 bridgehead atoms. The third kappa shape index (κ3) is 2.28. The molecule has 0 radical (unpaired) electrons. The number of nitrogens with zero attached hydrogens (tertiary/aromatic N) is 1. The number of anilines is 1. The fourth-order valence-corrected chi connectivity index (χ4v) is 3.69. The van der Waals surface area contributed by atoms with Crippen LogP contribution in [0.1, 0.15) is 25.7 Å². The van der Waals surface area contributed by atoms with Crippen molar-refractivity contribution in [1.82, 2.24) is 4.90 Å². The van der Waals surface area contributed by atoms with Crippen molar-refractivity contribution in [3.63, 3.8) is 0 Å². The van der Waals surface area contributed by atoms with Gasteiger partial charge in [0.1, 0.15) is 5.82 Å². The Hall–Kier alpha value is -0.610. The third-order valence-corrected chi connectivity index (χ3v) is 4.88. The molecule has 2 unspecified atom stereocenters. The highest BCUT2D eigenvalue weighted by molar-refractivity contribution is 9.10. The van der Waals surface area contributed by atoms with E-state index in [1.165, 1.54) is 18.9 Å². The molecule has 4 heteroatoms. The van der Waals surface area contributed by atoms with Gasteiger partial charge in [-0.1, -0.05) is 15.9 Å². The first-order valence-corrected chi connectivity index (χ1v) is 7.36. The van der Waals surface area contributed by atoms with Crippen LogP contribution in [0.25, 0.3) is 0 Å². The Morgan fingerprint density at radius 1 is 1.28 bits per heavy atom. The smallest absolute Gasteiger partial charge is 0.147 e. The van der Waals surface area contributed by atoms with Gasteiger partial charge in [-0.2, -0.15) is 0 Å². The van der Waals surface area contributed by atoms with Crippen LogP contribution < -0.4 is 5.32 Å². The summed E-state index contributed by atoms with van der Waals surface area (Å²) in [5.41, 5.74) is 0.632. The quantitative estimate of drug-likeness (QED) is 0.897. The molecule has 1 N–H and O–H groups in total. The van der Waals surface area contributed by atoms with Crippen LogP contribution in [0.4, 0.5) is 10.1 Å². The fourth-order valence-electron chi connectivity index (χ4n) is 3.36. The van der Waals surface area contributed by atoms with Crippen LogP contribution in [0, 0.1) is 5.82 Å². The minimum Gasteiger partial charge on any atom is -0.380 e. The molecule has 2 saturated heterocycles. The van der Waals surface area contributed by atoms with Crippen molar-refractivity contribution in [3.8, 4) is 0 Å². The standard InChI is InChI=1S/C14H18BrFN2/c1-18-11-3-4-12(18)8-10(7-11)17-14-5-2-9(15)6-13(14)16/h2,5-6,10-12,17H,3-4,7-8H2,1H3. The predicted molar refractivity (Wildman–Crippen MR) is 75.3 cm³/mol. The summed E-state index contributed by atoms with van der Waals surface area (Å²) in [4.78, 5) is 2.50. The largest absolute Gasteiger partial charge is 0.380 e. The molecule has 2 nitrogen and oxygen atoms in total. The second-order valence-corrected chi connectivity index (χ2v) is 6.40. The molecule has 0 spiro atoms. The summed E-state index contributed by atoms with van der Waals surface area (Å²) in [7, 11) is 2.22. The summed E-state index contributed by atoms with van der Waals surface area (Å²) in [5.74, 6) is -0.171. The zero-order chi connectivity index (χ0) is 12.7. The molecule has 2 aliphatic rings. The van der Waals surface area contributed by atoms with E-state index in [1.807, 2.05) is 12.1 Å². The van der Waals surface area contributed by atoms with Gasteiger partial charge in [0.15, 0.2) is 0 Å². The Morgan fingerprint density at radius 3 is 2.56 bits per heavy atom. The van der Waals surface area contributed by atoms with Crippen molar-refractivity contribution >= 4 is 21.6 Å². The van der Waals surface area contributed by atoms with Crippen LogP contribution in [0.5, 0.6) is 0 Å². The maximum atomic E-state index is 13.8. The van der Waals surface area contributed by atoms with E-state index in [1.54, 1.807) is 0 Å². The zero-order valence-corrected chi connectivity index (χ0v) is 12.1. The molecule has 2 atom stereocenters. The fraction of sp³-hybridized carbons (Fsp3) is 0.571. The average molecular weight is 313 g/mol. The van der Waals surface area contributed by atoms with Crippen LogP contribution in [0.15, 0.2) is 22.7 Å². The Balaban J connectivity index is 1.70. The highest BCUT2D eigenvalue weighted by Crippen LogP contribution is 2.35. The second kappa shape index (κ2) is 4.82. The van der Waals surface area contributed by atoms with Gasteiger partial charge in [0.25, 0.3) is 0 Å². The van der Waals surface area contributed by atoms with Gasteiger partial charge in [-0.25, -0.2) is 4.39 Å². The normalized spacial score (nSPS) is 31.6. The lowest BCUT2D eigenvalue weighted by Crippen LogP contribution is -2.44. The van der Waals surface area contributed by atoms with Crippen LogP contribution in [0.2, 0.25) is 0 Å². The first-order valence-electron chi connectivity index (χ1n) is 6.57. The Labute approximate surface area is 116 Å². The van der Waals surface area contributed by atoms with E-state index >= 15 is 0 Å². The number of hydrogen-bond donors (Lipinski definition) is 1. The molecular weight excluding hydrogens is 295 g/mol. The number of hydrogen-bond acceptors (Lipinski definition) is 2. The van der Waals surface area contributed by atoms with Gasteiger partial charge in [0, 0.05) is 22.6 Å². The van der Waals surface area contributed by atoms with Crippen molar-refractivity contribution < 1.29 is 4.39 Å². The van der Waals surface area contributed by atoms with E-state index in [0.29, 0.717) is 23.8 Å². The van der Waals surface area contributed by atoms with Gasteiger partial charge in [-0.15, -0.1) is 0 Å². The summed E-state index contributed by atoms with van der Waals surface area (Å²) >= 11 is 3.28. The minimum atomic E-state index is -0.171. The monoisotopic (exact) mass is 312 g/mol. The maximum absolute atomic E-state index is 13.8. The summed E-state index contributed by atoms with van der Waals surface area (Å²) in [5, 5.41) is 3.38.